The summed E-state index contributed by atoms with van der Waals surface area (Å²) in [6.07, 6.45) is 0. The Morgan fingerprint density at radius 1 is 1.33 bits per heavy atom. The topological polar surface area (TPSA) is 43.4 Å². The zero-order valence-electron chi connectivity index (χ0n) is 5.23. The maximum absolute atomic E-state index is 10.1. The smallest absolute Gasteiger partial charge is 0.303 e. The van der Waals surface area contributed by atoms with E-state index in [1.54, 1.807) is 0 Å². The van der Waals surface area contributed by atoms with Crippen LogP contribution in [0.1, 0.15) is 13.8 Å². The summed E-state index contributed by atoms with van der Waals surface area (Å²) in [6.45, 7) is 2.53. The Hall–Kier alpha value is -0.341. The third-order valence-corrected chi connectivity index (χ3v) is 0.479. The fourth-order valence-corrected chi connectivity index (χ4v) is 0.203. The Balaban J connectivity index is 0. The van der Waals surface area contributed by atoms with Crippen molar-refractivity contribution in [1.29, 1.82) is 0 Å². The quantitative estimate of drug-likeness (QED) is 0.447. The standard InChI is InChI=1S/C5H8O3.Cu/c1-4(6)3-8-5(2)7;/h3H2,1-2H3;. The fourth-order valence-electron chi connectivity index (χ4n) is 0.203. The minimum absolute atomic E-state index is 0. The minimum Gasteiger partial charge on any atom is -0.458 e. The maximum Gasteiger partial charge on any atom is 0.303 e. The summed E-state index contributed by atoms with van der Waals surface area (Å²) in [5.41, 5.74) is 0. The molecule has 0 aliphatic carbocycles. The Morgan fingerprint density at radius 3 is 1.89 bits per heavy atom. The third kappa shape index (κ3) is 11.3. The molecule has 0 bridgehead atoms. The van der Waals surface area contributed by atoms with Gasteiger partial charge in [0, 0.05) is 24.0 Å². The van der Waals surface area contributed by atoms with Gasteiger partial charge in [-0.3, -0.25) is 9.59 Å². The van der Waals surface area contributed by atoms with E-state index in [9.17, 15) is 9.59 Å². The minimum atomic E-state index is -0.416. The van der Waals surface area contributed by atoms with Crippen LogP contribution in [0, 0.1) is 0 Å². The summed E-state index contributed by atoms with van der Waals surface area (Å²) in [5.74, 6) is -0.555. The van der Waals surface area contributed by atoms with Crippen molar-refractivity contribution >= 4 is 11.8 Å². The van der Waals surface area contributed by atoms with Gasteiger partial charge in [-0.2, -0.15) is 0 Å². The molecule has 0 fully saturated rings. The molecule has 9 heavy (non-hydrogen) atoms. The van der Waals surface area contributed by atoms with E-state index in [0.29, 0.717) is 0 Å². The summed E-state index contributed by atoms with van der Waals surface area (Å²) in [5, 5.41) is 0. The van der Waals surface area contributed by atoms with Gasteiger partial charge < -0.3 is 4.74 Å². The summed E-state index contributed by atoms with van der Waals surface area (Å²) >= 11 is 0. The third-order valence-electron chi connectivity index (χ3n) is 0.479. The Kier molecular flexibility index (Phi) is 7.37. The van der Waals surface area contributed by atoms with Crippen molar-refractivity contribution < 1.29 is 31.4 Å². The first-order valence-corrected chi connectivity index (χ1v) is 2.25. The van der Waals surface area contributed by atoms with Gasteiger partial charge in [0.1, 0.15) is 6.61 Å². The Bertz CT molecular complexity index is 96.8. The van der Waals surface area contributed by atoms with Crippen molar-refractivity contribution in [3.8, 4) is 0 Å². The number of rotatable bonds is 2. The predicted molar refractivity (Wildman–Crippen MR) is 27.3 cm³/mol. The number of hydrogen-bond acceptors (Lipinski definition) is 3. The van der Waals surface area contributed by atoms with Crippen molar-refractivity contribution in [3.05, 3.63) is 0 Å². The molecule has 0 aliphatic heterocycles. The van der Waals surface area contributed by atoms with Crippen LogP contribution in [0.2, 0.25) is 0 Å². The second-order valence-electron chi connectivity index (χ2n) is 1.48. The van der Waals surface area contributed by atoms with Crippen LogP contribution in [-0.4, -0.2) is 18.4 Å². The van der Waals surface area contributed by atoms with Crippen molar-refractivity contribution in [2.45, 2.75) is 13.8 Å². The number of esters is 1. The monoisotopic (exact) mass is 179 g/mol. The molecule has 0 heterocycles. The van der Waals surface area contributed by atoms with E-state index in [2.05, 4.69) is 4.74 Å². The first kappa shape index (κ1) is 11.5. The van der Waals surface area contributed by atoms with Crippen molar-refractivity contribution in [3.63, 3.8) is 0 Å². The molecule has 0 atom stereocenters. The Morgan fingerprint density at radius 2 is 1.78 bits per heavy atom. The summed E-state index contributed by atoms with van der Waals surface area (Å²) < 4.78 is 4.31. The average molecular weight is 180 g/mol. The van der Waals surface area contributed by atoms with Crippen LogP contribution >= 0.6 is 0 Å². The van der Waals surface area contributed by atoms with Gasteiger partial charge in [-0.15, -0.1) is 0 Å². The van der Waals surface area contributed by atoms with E-state index < -0.39 is 5.97 Å². The maximum atomic E-state index is 10.1. The normalized spacial score (nSPS) is 7.33. The van der Waals surface area contributed by atoms with Crippen LogP contribution in [0.25, 0.3) is 0 Å². The summed E-state index contributed by atoms with van der Waals surface area (Å²) in [7, 11) is 0. The molecule has 4 heteroatoms. The summed E-state index contributed by atoms with van der Waals surface area (Å²) in [6, 6.07) is 0. The number of carbonyl (C=O) groups excluding carboxylic acids is 2. The molecule has 0 unspecified atom stereocenters. The molecule has 0 aromatic rings. The van der Waals surface area contributed by atoms with Gasteiger partial charge in [0.25, 0.3) is 0 Å². The SMILES string of the molecule is CC(=O)COC(C)=O.[Cu]. The van der Waals surface area contributed by atoms with Crippen LogP contribution in [0.3, 0.4) is 0 Å². The van der Waals surface area contributed by atoms with Gasteiger partial charge in [0.15, 0.2) is 5.78 Å². The molecule has 0 rings (SSSR count). The molecule has 3 nitrogen and oxygen atoms in total. The number of ketones is 1. The molecule has 0 saturated heterocycles. The van der Waals surface area contributed by atoms with E-state index in [4.69, 9.17) is 0 Å². The second kappa shape index (κ2) is 5.79. The van der Waals surface area contributed by atoms with Crippen LogP contribution in [0.5, 0.6) is 0 Å². The number of Topliss-reactive ketones (excluding diaryl/α,β-unsaturated/α-hetero) is 1. The predicted octanol–water partition coefficient (Wildman–Crippen LogP) is 0.136. The van der Waals surface area contributed by atoms with Gasteiger partial charge in [-0.25, -0.2) is 0 Å². The molecular weight excluding hydrogens is 172 g/mol. The number of hydrogen-bond donors (Lipinski definition) is 0. The zero-order chi connectivity index (χ0) is 6.57. The van der Waals surface area contributed by atoms with E-state index in [-0.39, 0.29) is 29.5 Å². The number of carbonyl (C=O) groups is 2. The molecule has 0 aromatic heterocycles. The van der Waals surface area contributed by atoms with Crippen molar-refractivity contribution in [2.75, 3.05) is 6.61 Å². The second-order valence-corrected chi connectivity index (χ2v) is 1.48. The molecule has 0 aromatic carbocycles. The largest absolute Gasteiger partial charge is 0.458 e. The van der Waals surface area contributed by atoms with Crippen LogP contribution < -0.4 is 0 Å². The first-order valence-electron chi connectivity index (χ1n) is 2.25. The van der Waals surface area contributed by atoms with Crippen LogP contribution in [-0.2, 0) is 31.4 Å². The van der Waals surface area contributed by atoms with Gasteiger partial charge in [0.05, 0.1) is 0 Å². The van der Waals surface area contributed by atoms with E-state index in [1.807, 2.05) is 0 Å². The van der Waals surface area contributed by atoms with E-state index in [0.717, 1.165) is 0 Å². The fraction of sp³-hybridized carbons (Fsp3) is 0.600. The van der Waals surface area contributed by atoms with Gasteiger partial charge in [-0.05, 0) is 6.92 Å². The van der Waals surface area contributed by atoms with Crippen LogP contribution in [0.15, 0.2) is 0 Å². The molecule has 0 amide bonds. The van der Waals surface area contributed by atoms with Gasteiger partial charge >= 0.3 is 5.97 Å². The molecule has 57 valence electrons. The zero-order valence-corrected chi connectivity index (χ0v) is 6.18. The molecule has 0 saturated carbocycles. The van der Waals surface area contributed by atoms with E-state index >= 15 is 0 Å². The summed E-state index contributed by atoms with van der Waals surface area (Å²) in [4.78, 5) is 20.0. The molecule has 0 aliphatic rings. The number of ether oxygens (including phenoxy) is 1. The molecule has 0 spiro atoms. The Labute approximate surface area is 64.2 Å². The average Bonchev–Trinajstić information content (AvgIpc) is 1.61. The van der Waals surface area contributed by atoms with Crippen molar-refractivity contribution in [1.82, 2.24) is 0 Å². The first-order chi connectivity index (χ1) is 3.63. The van der Waals surface area contributed by atoms with Gasteiger partial charge in [0.2, 0.25) is 0 Å². The van der Waals surface area contributed by atoms with Gasteiger partial charge in [-0.1, -0.05) is 0 Å². The molecular formula is C5H8CuO3. The van der Waals surface area contributed by atoms with E-state index in [1.165, 1.54) is 13.8 Å². The molecule has 0 N–H and O–H groups in total. The molecule has 1 radical (unpaired) electrons. The van der Waals surface area contributed by atoms with Crippen molar-refractivity contribution in [2.24, 2.45) is 0 Å². The van der Waals surface area contributed by atoms with Crippen LogP contribution in [0.4, 0.5) is 0 Å².